The highest BCUT2D eigenvalue weighted by Gasteiger charge is 2.10. The van der Waals surface area contributed by atoms with Crippen LogP contribution in [-0.4, -0.2) is 0 Å². The number of benzene rings is 8. The molecular weight excluding hydrogens is 697 g/mol. The summed E-state index contributed by atoms with van der Waals surface area (Å²) < 4.78 is 0. The second-order valence-corrected chi connectivity index (χ2v) is 15.3. The van der Waals surface area contributed by atoms with E-state index in [0.717, 1.165) is 11.1 Å². The number of hydrogen-bond acceptors (Lipinski definition) is 0. The zero-order valence-corrected chi connectivity index (χ0v) is 33.8. The standard InChI is InChI=1S/C58H48/c1-41-17-25-47(26-18-41)57(48-27-19-42(2)20-28-48)39-53-15-7-5-11-45(53)33-35-55-37-51-13-9-10-14-52(51)38-56(55)36-34-46-12-6-8-16-54(46)40-58(49-29-21-43(3)22-30-49)50-31-23-44(4)24-32-50/h5-40H,1-4H3. The van der Waals surface area contributed by atoms with Crippen LogP contribution in [0.4, 0.5) is 0 Å². The summed E-state index contributed by atoms with van der Waals surface area (Å²) in [5.74, 6) is 0. The Balaban J connectivity index is 1.19. The molecule has 0 saturated carbocycles. The Kier molecular flexibility index (Phi) is 11.4. The van der Waals surface area contributed by atoms with Crippen LogP contribution in [0.1, 0.15) is 77.9 Å². The number of fused-ring (bicyclic) bond motifs is 1. The van der Waals surface area contributed by atoms with Crippen molar-refractivity contribution in [2.75, 3.05) is 0 Å². The predicted molar refractivity (Wildman–Crippen MR) is 253 cm³/mol. The Morgan fingerprint density at radius 2 is 0.534 bits per heavy atom. The Morgan fingerprint density at radius 3 is 0.845 bits per heavy atom. The van der Waals surface area contributed by atoms with Crippen molar-refractivity contribution in [2.45, 2.75) is 27.7 Å². The van der Waals surface area contributed by atoms with E-state index in [-0.39, 0.29) is 0 Å². The van der Waals surface area contributed by atoms with Crippen LogP contribution in [0.5, 0.6) is 0 Å². The summed E-state index contributed by atoms with van der Waals surface area (Å²) in [6.45, 7) is 8.56. The van der Waals surface area contributed by atoms with Crippen LogP contribution in [0.15, 0.2) is 182 Å². The van der Waals surface area contributed by atoms with Gasteiger partial charge >= 0.3 is 0 Å². The minimum Gasteiger partial charge on any atom is -0.0616 e. The third-order valence-electron chi connectivity index (χ3n) is 10.9. The first kappa shape index (κ1) is 37.9. The van der Waals surface area contributed by atoms with Gasteiger partial charge in [0.1, 0.15) is 0 Å². The third kappa shape index (κ3) is 8.99. The molecule has 0 bridgehead atoms. The third-order valence-corrected chi connectivity index (χ3v) is 10.9. The van der Waals surface area contributed by atoms with E-state index in [2.05, 4.69) is 246 Å². The highest BCUT2D eigenvalue weighted by Crippen LogP contribution is 2.32. The van der Waals surface area contributed by atoms with E-state index in [1.54, 1.807) is 0 Å². The second-order valence-electron chi connectivity index (χ2n) is 15.3. The second kappa shape index (κ2) is 17.4. The molecule has 0 radical (unpaired) electrons. The topological polar surface area (TPSA) is 0 Å². The van der Waals surface area contributed by atoms with Gasteiger partial charge in [0.15, 0.2) is 0 Å². The molecule has 0 heterocycles. The van der Waals surface area contributed by atoms with Crippen LogP contribution in [-0.2, 0) is 0 Å². The molecule has 0 aliphatic heterocycles. The molecule has 8 rings (SSSR count). The Morgan fingerprint density at radius 1 is 0.276 bits per heavy atom. The fraction of sp³-hybridized carbons (Fsp3) is 0.0690. The lowest BCUT2D eigenvalue weighted by molar-refractivity contribution is 1.43. The maximum atomic E-state index is 2.34. The van der Waals surface area contributed by atoms with Crippen LogP contribution >= 0.6 is 0 Å². The highest BCUT2D eigenvalue weighted by molar-refractivity contribution is 5.96. The molecular formula is C58H48. The lowest BCUT2D eigenvalue weighted by Gasteiger charge is -2.12. The van der Waals surface area contributed by atoms with E-state index in [9.17, 15) is 0 Å². The van der Waals surface area contributed by atoms with Gasteiger partial charge in [-0.05, 0) is 130 Å². The van der Waals surface area contributed by atoms with Crippen LogP contribution in [0.25, 0.3) is 58.4 Å². The molecule has 0 unspecified atom stereocenters. The number of hydrogen-bond donors (Lipinski definition) is 0. The summed E-state index contributed by atoms with van der Waals surface area (Å²) in [6.07, 6.45) is 13.7. The average molecular weight is 745 g/mol. The SMILES string of the molecule is Cc1ccc(C(=Cc2ccccc2C=Cc2cc3ccccc3cc2C=Cc2ccccc2C=C(c2ccc(C)cc2)c2ccc(C)cc2)c2ccc(C)cc2)cc1. The van der Waals surface area contributed by atoms with Gasteiger partial charge in [0, 0.05) is 0 Å². The molecule has 58 heavy (non-hydrogen) atoms. The molecule has 0 fully saturated rings. The maximum absolute atomic E-state index is 2.34. The van der Waals surface area contributed by atoms with Crippen LogP contribution < -0.4 is 0 Å². The van der Waals surface area contributed by atoms with Gasteiger partial charge in [0.25, 0.3) is 0 Å². The lowest BCUT2D eigenvalue weighted by atomic mass is 9.92. The smallest absolute Gasteiger partial charge is 0.0105 e. The number of rotatable bonds is 10. The van der Waals surface area contributed by atoms with Gasteiger partial charge in [0.2, 0.25) is 0 Å². The van der Waals surface area contributed by atoms with E-state index in [4.69, 9.17) is 0 Å². The molecule has 0 heteroatoms. The van der Waals surface area contributed by atoms with Gasteiger partial charge in [-0.25, -0.2) is 0 Å². The Hall–Kier alpha value is -7.02. The van der Waals surface area contributed by atoms with E-state index in [1.165, 1.54) is 88.7 Å². The Bertz CT molecular complexity index is 2510. The molecule has 0 amide bonds. The summed E-state index contributed by atoms with van der Waals surface area (Å²) in [4.78, 5) is 0. The summed E-state index contributed by atoms with van der Waals surface area (Å²) in [7, 11) is 0. The normalized spacial score (nSPS) is 11.3. The van der Waals surface area contributed by atoms with Gasteiger partial charge in [-0.1, -0.05) is 216 Å². The average Bonchev–Trinajstić information content (AvgIpc) is 3.25. The molecule has 0 N–H and O–H groups in total. The van der Waals surface area contributed by atoms with Gasteiger partial charge < -0.3 is 0 Å². The van der Waals surface area contributed by atoms with Crippen molar-refractivity contribution >= 4 is 58.4 Å². The zero-order valence-electron chi connectivity index (χ0n) is 33.8. The molecule has 8 aromatic carbocycles. The zero-order chi connectivity index (χ0) is 39.8. The summed E-state index contributed by atoms with van der Waals surface area (Å²) in [5, 5.41) is 2.44. The van der Waals surface area contributed by atoms with Crippen LogP contribution in [0.2, 0.25) is 0 Å². The van der Waals surface area contributed by atoms with Gasteiger partial charge in [-0.3, -0.25) is 0 Å². The fourth-order valence-electron chi connectivity index (χ4n) is 7.42. The predicted octanol–water partition coefficient (Wildman–Crippen LogP) is 15.6. The van der Waals surface area contributed by atoms with Crippen molar-refractivity contribution in [1.29, 1.82) is 0 Å². The maximum Gasteiger partial charge on any atom is -0.0105 e. The minimum atomic E-state index is 1.16. The molecule has 280 valence electrons. The molecule has 0 spiro atoms. The first-order valence-corrected chi connectivity index (χ1v) is 20.1. The summed E-state index contributed by atoms with van der Waals surface area (Å²) in [6, 6.07) is 66.0. The largest absolute Gasteiger partial charge is 0.0616 e. The first-order valence-electron chi connectivity index (χ1n) is 20.1. The highest BCUT2D eigenvalue weighted by atomic mass is 14.1. The lowest BCUT2D eigenvalue weighted by Crippen LogP contribution is -1.91. The van der Waals surface area contributed by atoms with Crippen molar-refractivity contribution in [3.63, 3.8) is 0 Å². The monoisotopic (exact) mass is 744 g/mol. The summed E-state index contributed by atoms with van der Waals surface area (Å²) >= 11 is 0. The van der Waals surface area contributed by atoms with Crippen LogP contribution in [0, 0.1) is 27.7 Å². The molecule has 0 saturated heterocycles. The van der Waals surface area contributed by atoms with Crippen molar-refractivity contribution in [2.24, 2.45) is 0 Å². The van der Waals surface area contributed by atoms with Crippen molar-refractivity contribution in [3.8, 4) is 0 Å². The fourth-order valence-corrected chi connectivity index (χ4v) is 7.42. The molecule has 8 aromatic rings. The van der Waals surface area contributed by atoms with E-state index >= 15 is 0 Å². The molecule has 0 aliphatic rings. The minimum absolute atomic E-state index is 1.16. The number of aryl methyl sites for hydroxylation is 4. The quantitative estimate of drug-likeness (QED) is 0.122. The van der Waals surface area contributed by atoms with Crippen molar-refractivity contribution < 1.29 is 0 Å². The molecule has 0 aromatic heterocycles. The van der Waals surface area contributed by atoms with Gasteiger partial charge in [0.05, 0.1) is 0 Å². The van der Waals surface area contributed by atoms with Crippen molar-refractivity contribution in [3.05, 3.63) is 260 Å². The van der Waals surface area contributed by atoms with E-state index in [1.807, 2.05) is 0 Å². The van der Waals surface area contributed by atoms with Crippen LogP contribution in [0.3, 0.4) is 0 Å². The molecule has 0 aliphatic carbocycles. The first-order chi connectivity index (χ1) is 28.4. The van der Waals surface area contributed by atoms with E-state index < -0.39 is 0 Å². The Labute approximate surface area is 344 Å². The molecule has 0 atom stereocenters. The van der Waals surface area contributed by atoms with Crippen molar-refractivity contribution in [1.82, 2.24) is 0 Å². The molecule has 0 nitrogen and oxygen atoms in total. The van der Waals surface area contributed by atoms with E-state index in [0.29, 0.717) is 0 Å². The van der Waals surface area contributed by atoms with Gasteiger partial charge in [-0.2, -0.15) is 0 Å². The van der Waals surface area contributed by atoms with Gasteiger partial charge in [-0.15, -0.1) is 0 Å². The summed E-state index contributed by atoms with van der Waals surface area (Å²) in [5.41, 5.74) is 19.2.